The van der Waals surface area contributed by atoms with Crippen molar-refractivity contribution >= 4 is 0 Å². The zero-order valence-corrected chi connectivity index (χ0v) is 10.8. The summed E-state index contributed by atoms with van der Waals surface area (Å²) in [5, 5.41) is 3.51. The molecule has 1 N–H and O–H groups in total. The molecule has 0 aliphatic rings. The average molecular weight is 221 g/mol. The van der Waals surface area contributed by atoms with E-state index in [2.05, 4.69) is 38.2 Å². The Hall–Kier alpha value is -1.02. The van der Waals surface area contributed by atoms with Gasteiger partial charge < -0.3 is 10.1 Å². The number of rotatable bonds is 6. The summed E-state index contributed by atoms with van der Waals surface area (Å²) in [5.74, 6) is 1.63. The third-order valence-corrected chi connectivity index (χ3v) is 2.50. The summed E-state index contributed by atoms with van der Waals surface area (Å²) in [6.45, 7) is 10.4. The highest BCUT2D eigenvalue weighted by Gasteiger charge is 2.06. The first kappa shape index (κ1) is 13.0. The largest absolute Gasteiger partial charge is 0.494 e. The summed E-state index contributed by atoms with van der Waals surface area (Å²) >= 11 is 0. The lowest BCUT2D eigenvalue weighted by atomic mass is 10.1. The van der Waals surface area contributed by atoms with E-state index in [0.717, 1.165) is 18.9 Å². The molecule has 0 amide bonds. The van der Waals surface area contributed by atoms with E-state index >= 15 is 0 Å². The van der Waals surface area contributed by atoms with Crippen LogP contribution in [0.1, 0.15) is 39.3 Å². The van der Waals surface area contributed by atoms with Crippen molar-refractivity contribution in [2.24, 2.45) is 5.92 Å². The van der Waals surface area contributed by atoms with Gasteiger partial charge in [-0.1, -0.05) is 26.0 Å². The molecule has 90 valence electrons. The second-order valence-corrected chi connectivity index (χ2v) is 4.53. The van der Waals surface area contributed by atoms with Gasteiger partial charge >= 0.3 is 0 Å². The first-order valence-corrected chi connectivity index (χ1v) is 6.09. The number of hydrogen-bond acceptors (Lipinski definition) is 2. The molecular weight excluding hydrogens is 198 g/mol. The van der Waals surface area contributed by atoms with E-state index in [9.17, 15) is 0 Å². The monoisotopic (exact) mass is 221 g/mol. The molecule has 0 saturated carbocycles. The Labute approximate surface area is 99.0 Å². The Morgan fingerprint density at radius 2 is 2.00 bits per heavy atom. The van der Waals surface area contributed by atoms with Crippen LogP contribution in [0.5, 0.6) is 5.75 Å². The number of benzene rings is 1. The van der Waals surface area contributed by atoms with Crippen molar-refractivity contribution in [1.29, 1.82) is 0 Å². The number of hydrogen-bond donors (Lipinski definition) is 1. The van der Waals surface area contributed by atoms with Crippen molar-refractivity contribution in [3.8, 4) is 5.75 Å². The fourth-order valence-electron chi connectivity index (χ4n) is 1.57. The molecule has 2 heteroatoms. The van der Waals surface area contributed by atoms with Gasteiger partial charge in [0.25, 0.3) is 0 Å². The van der Waals surface area contributed by atoms with Crippen LogP contribution in [0.3, 0.4) is 0 Å². The van der Waals surface area contributed by atoms with Gasteiger partial charge in [0.1, 0.15) is 5.75 Å². The summed E-state index contributed by atoms with van der Waals surface area (Å²) in [5.41, 5.74) is 1.28. The van der Waals surface area contributed by atoms with Crippen molar-refractivity contribution < 1.29 is 4.74 Å². The highest BCUT2D eigenvalue weighted by atomic mass is 16.5. The molecule has 0 spiro atoms. The molecule has 0 aromatic heterocycles. The molecule has 2 nitrogen and oxygen atoms in total. The molecular formula is C14H23NO. The predicted molar refractivity (Wildman–Crippen MR) is 68.9 cm³/mol. The topological polar surface area (TPSA) is 21.3 Å². The van der Waals surface area contributed by atoms with Crippen LogP contribution < -0.4 is 10.1 Å². The summed E-state index contributed by atoms with van der Waals surface area (Å²) in [6.07, 6.45) is 0. The zero-order chi connectivity index (χ0) is 12.0. The van der Waals surface area contributed by atoms with Gasteiger partial charge in [0.2, 0.25) is 0 Å². The van der Waals surface area contributed by atoms with Gasteiger partial charge in [0.15, 0.2) is 0 Å². The van der Waals surface area contributed by atoms with Crippen molar-refractivity contribution in [1.82, 2.24) is 5.32 Å². The minimum Gasteiger partial charge on any atom is -0.494 e. The van der Waals surface area contributed by atoms with E-state index in [1.54, 1.807) is 0 Å². The molecule has 1 aromatic carbocycles. The molecule has 0 heterocycles. The lowest BCUT2D eigenvalue weighted by Crippen LogP contribution is -2.23. The highest BCUT2D eigenvalue weighted by molar-refractivity contribution is 5.30. The van der Waals surface area contributed by atoms with E-state index in [1.165, 1.54) is 5.56 Å². The molecule has 0 saturated heterocycles. The smallest absolute Gasteiger partial charge is 0.119 e. The maximum absolute atomic E-state index is 5.49. The van der Waals surface area contributed by atoms with E-state index in [0.29, 0.717) is 12.0 Å². The summed E-state index contributed by atoms with van der Waals surface area (Å²) in [7, 11) is 0. The van der Waals surface area contributed by atoms with Crippen LogP contribution in [0.25, 0.3) is 0 Å². The van der Waals surface area contributed by atoms with Gasteiger partial charge in [-0.15, -0.1) is 0 Å². The average Bonchev–Trinajstić information content (AvgIpc) is 2.26. The Morgan fingerprint density at radius 1 is 1.25 bits per heavy atom. The van der Waals surface area contributed by atoms with Crippen LogP contribution in [-0.4, -0.2) is 13.2 Å². The first-order valence-electron chi connectivity index (χ1n) is 6.09. The highest BCUT2D eigenvalue weighted by Crippen LogP contribution is 2.19. The Bertz CT molecular complexity index is 309. The standard InChI is InChI=1S/C14H23NO/c1-5-16-14-8-6-7-13(9-14)12(4)15-10-11(2)3/h6-9,11-12,15H,5,10H2,1-4H3/t12-/m1/s1. The quantitative estimate of drug-likeness (QED) is 0.795. The molecule has 0 bridgehead atoms. The normalized spacial score (nSPS) is 12.8. The third kappa shape index (κ3) is 4.23. The molecule has 1 atom stereocenters. The van der Waals surface area contributed by atoms with Crippen molar-refractivity contribution in [3.05, 3.63) is 29.8 Å². The van der Waals surface area contributed by atoms with Gasteiger partial charge in [-0.2, -0.15) is 0 Å². The molecule has 0 aliphatic heterocycles. The fourth-order valence-corrected chi connectivity index (χ4v) is 1.57. The molecule has 0 radical (unpaired) electrons. The lowest BCUT2D eigenvalue weighted by molar-refractivity contribution is 0.339. The van der Waals surface area contributed by atoms with Crippen LogP contribution in [0.2, 0.25) is 0 Å². The second-order valence-electron chi connectivity index (χ2n) is 4.53. The summed E-state index contributed by atoms with van der Waals surface area (Å²) in [4.78, 5) is 0. The van der Waals surface area contributed by atoms with Crippen molar-refractivity contribution in [2.75, 3.05) is 13.2 Å². The molecule has 0 fully saturated rings. The number of ether oxygens (including phenoxy) is 1. The van der Waals surface area contributed by atoms with Crippen molar-refractivity contribution in [2.45, 2.75) is 33.7 Å². The summed E-state index contributed by atoms with van der Waals surface area (Å²) < 4.78 is 5.49. The Balaban J connectivity index is 2.60. The van der Waals surface area contributed by atoms with Gasteiger partial charge in [-0.05, 0) is 44.0 Å². The van der Waals surface area contributed by atoms with Gasteiger partial charge in [-0.25, -0.2) is 0 Å². The van der Waals surface area contributed by atoms with E-state index in [-0.39, 0.29) is 0 Å². The molecule has 1 rings (SSSR count). The minimum absolute atomic E-state index is 0.378. The lowest BCUT2D eigenvalue weighted by Gasteiger charge is -2.16. The van der Waals surface area contributed by atoms with Gasteiger partial charge in [0.05, 0.1) is 6.61 Å². The minimum atomic E-state index is 0.378. The molecule has 1 aromatic rings. The van der Waals surface area contributed by atoms with Crippen LogP contribution in [0.4, 0.5) is 0 Å². The second kappa shape index (κ2) is 6.54. The van der Waals surface area contributed by atoms with Crippen LogP contribution in [0.15, 0.2) is 24.3 Å². The fraction of sp³-hybridized carbons (Fsp3) is 0.571. The van der Waals surface area contributed by atoms with E-state index < -0.39 is 0 Å². The van der Waals surface area contributed by atoms with Crippen molar-refractivity contribution in [3.63, 3.8) is 0 Å². The van der Waals surface area contributed by atoms with E-state index in [4.69, 9.17) is 4.74 Å². The van der Waals surface area contributed by atoms with Crippen LogP contribution in [-0.2, 0) is 0 Å². The maximum Gasteiger partial charge on any atom is 0.119 e. The number of nitrogens with one attached hydrogen (secondary N) is 1. The molecule has 16 heavy (non-hydrogen) atoms. The Kier molecular flexibility index (Phi) is 5.33. The zero-order valence-electron chi connectivity index (χ0n) is 10.8. The maximum atomic E-state index is 5.49. The Morgan fingerprint density at radius 3 is 2.62 bits per heavy atom. The SMILES string of the molecule is CCOc1cccc([C@@H](C)NCC(C)C)c1. The summed E-state index contributed by atoms with van der Waals surface area (Å²) in [6, 6.07) is 8.68. The molecule has 0 aliphatic carbocycles. The van der Waals surface area contributed by atoms with Gasteiger partial charge in [0, 0.05) is 6.04 Å². The predicted octanol–water partition coefficient (Wildman–Crippen LogP) is 3.39. The van der Waals surface area contributed by atoms with Gasteiger partial charge in [-0.3, -0.25) is 0 Å². The van der Waals surface area contributed by atoms with Crippen LogP contribution in [0, 0.1) is 5.92 Å². The van der Waals surface area contributed by atoms with Crippen LogP contribution >= 0.6 is 0 Å². The molecule has 0 unspecified atom stereocenters. The first-order chi connectivity index (χ1) is 7.63. The third-order valence-electron chi connectivity index (χ3n) is 2.50. The van der Waals surface area contributed by atoms with E-state index in [1.807, 2.05) is 19.1 Å².